The summed E-state index contributed by atoms with van der Waals surface area (Å²) in [5.74, 6) is 0.700. The average Bonchev–Trinajstić information content (AvgIpc) is 2.73. The first-order chi connectivity index (χ1) is 9.65. The van der Waals surface area contributed by atoms with Crippen LogP contribution in [0, 0.1) is 6.92 Å². The van der Waals surface area contributed by atoms with Crippen LogP contribution in [0.2, 0.25) is 5.02 Å². The number of fused-ring (bicyclic) bond motifs is 1. The fourth-order valence-electron chi connectivity index (χ4n) is 1.89. The average molecular weight is 287 g/mol. The van der Waals surface area contributed by atoms with Crippen LogP contribution in [0.5, 0.6) is 5.75 Å². The van der Waals surface area contributed by atoms with E-state index in [0.29, 0.717) is 22.2 Å². The summed E-state index contributed by atoms with van der Waals surface area (Å²) in [5, 5.41) is 18.5. The van der Waals surface area contributed by atoms with Crippen molar-refractivity contribution in [2.45, 2.75) is 6.92 Å². The fraction of sp³-hybridized carbons (Fsp3) is 0.0714. The van der Waals surface area contributed by atoms with Crippen LogP contribution in [0.3, 0.4) is 0 Å². The Hall–Kier alpha value is -2.40. The Bertz CT molecular complexity index is 810. The summed E-state index contributed by atoms with van der Waals surface area (Å²) in [6.07, 6.45) is 1.79. The summed E-state index contributed by atoms with van der Waals surface area (Å²) in [4.78, 5) is 4.37. The lowest BCUT2D eigenvalue weighted by Gasteiger charge is -1.98. The first kappa shape index (κ1) is 12.6. The SMILES string of the molecule is Cc1nc2cc(Cl)ccn2c1N=Nc1ccccc1O. The lowest BCUT2D eigenvalue weighted by molar-refractivity contribution is 0.476. The molecule has 0 spiro atoms. The lowest BCUT2D eigenvalue weighted by Crippen LogP contribution is -1.82. The van der Waals surface area contributed by atoms with Crippen molar-refractivity contribution < 1.29 is 5.11 Å². The van der Waals surface area contributed by atoms with Crippen LogP contribution in [-0.2, 0) is 0 Å². The second-order valence-electron chi connectivity index (χ2n) is 4.28. The number of aromatic hydroxyl groups is 1. The highest BCUT2D eigenvalue weighted by Crippen LogP contribution is 2.29. The van der Waals surface area contributed by atoms with Crippen molar-refractivity contribution in [1.29, 1.82) is 0 Å². The fourth-order valence-corrected chi connectivity index (χ4v) is 2.05. The zero-order valence-corrected chi connectivity index (χ0v) is 11.4. The largest absolute Gasteiger partial charge is 0.506 e. The number of hydrogen-bond acceptors (Lipinski definition) is 4. The van der Waals surface area contributed by atoms with E-state index in [1.165, 1.54) is 0 Å². The summed E-state index contributed by atoms with van der Waals surface area (Å²) in [7, 11) is 0. The number of aromatic nitrogens is 2. The maximum absolute atomic E-state index is 9.66. The Labute approximate surface area is 120 Å². The molecule has 2 aromatic heterocycles. The number of para-hydroxylation sites is 1. The molecule has 100 valence electrons. The molecule has 0 aliphatic carbocycles. The van der Waals surface area contributed by atoms with Crippen LogP contribution in [0.4, 0.5) is 11.5 Å². The Kier molecular flexibility index (Phi) is 3.12. The highest BCUT2D eigenvalue weighted by atomic mass is 35.5. The monoisotopic (exact) mass is 286 g/mol. The molecule has 5 nitrogen and oxygen atoms in total. The van der Waals surface area contributed by atoms with Crippen molar-refractivity contribution in [3.63, 3.8) is 0 Å². The third kappa shape index (κ3) is 2.23. The van der Waals surface area contributed by atoms with Crippen LogP contribution in [0.15, 0.2) is 52.8 Å². The molecule has 20 heavy (non-hydrogen) atoms. The van der Waals surface area contributed by atoms with Crippen molar-refractivity contribution in [3.8, 4) is 5.75 Å². The Balaban J connectivity index is 2.07. The Morgan fingerprint density at radius 3 is 2.80 bits per heavy atom. The van der Waals surface area contributed by atoms with E-state index in [9.17, 15) is 5.11 Å². The van der Waals surface area contributed by atoms with Gasteiger partial charge in [-0.2, -0.15) is 0 Å². The van der Waals surface area contributed by atoms with Gasteiger partial charge in [0.25, 0.3) is 0 Å². The van der Waals surface area contributed by atoms with Crippen molar-refractivity contribution in [1.82, 2.24) is 9.38 Å². The van der Waals surface area contributed by atoms with Crippen molar-refractivity contribution in [2.24, 2.45) is 10.2 Å². The van der Waals surface area contributed by atoms with Gasteiger partial charge in [0.05, 0.1) is 5.69 Å². The number of pyridine rings is 1. The van der Waals surface area contributed by atoms with E-state index in [2.05, 4.69) is 15.2 Å². The highest BCUT2D eigenvalue weighted by molar-refractivity contribution is 6.30. The van der Waals surface area contributed by atoms with E-state index >= 15 is 0 Å². The van der Waals surface area contributed by atoms with Crippen LogP contribution in [0.25, 0.3) is 5.65 Å². The van der Waals surface area contributed by atoms with Gasteiger partial charge >= 0.3 is 0 Å². The molecule has 6 heteroatoms. The van der Waals surface area contributed by atoms with Crippen molar-refractivity contribution in [3.05, 3.63) is 53.3 Å². The van der Waals surface area contributed by atoms with Crippen LogP contribution in [-0.4, -0.2) is 14.5 Å². The van der Waals surface area contributed by atoms with Gasteiger partial charge in [-0.25, -0.2) is 4.98 Å². The second-order valence-corrected chi connectivity index (χ2v) is 4.72. The summed E-state index contributed by atoms with van der Waals surface area (Å²) in [6.45, 7) is 1.85. The molecule has 3 aromatic rings. The van der Waals surface area contributed by atoms with Gasteiger partial charge in [0.1, 0.15) is 17.1 Å². The first-order valence-electron chi connectivity index (χ1n) is 5.99. The van der Waals surface area contributed by atoms with Crippen molar-refractivity contribution in [2.75, 3.05) is 0 Å². The number of aryl methyl sites for hydroxylation is 1. The third-order valence-corrected chi connectivity index (χ3v) is 3.10. The number of phenolic OH excluding ortho intramolecular Hbond substituents is 1. The van der Waals surface area contributed by atoms with Gasteiger partial charge in [0.15, 0.2) is 5.82 Å². The minimum Gasteiger partial charge on any atom is -0.506 e. The Morgan fingerprint density at radius 2 is 2.00 bits per heavy atom. The van der Waals surface area contributed by atoms with Gasteiger partial charge in [-0.3, -0.25) is 4.40 Å². The number of nitrogens with zero attached hydrogens (tertiary/aromatic N) is 4. The molecule has 0 atom stereocenters. The van der Waals surface area contributed by atoms with Gasteiger partial charge in [-0.15, -0.1) is 10.2 Å². The number of hydrogen-bond donors (Lipinski definition) is 1. The second kappa shape index (κ2) is 4.94. The van der Waals surface area contributed by atoms with Crippen LogP contribution < -0.4 is 0 Å². The molecule has 2 heterocycles. The number of imidazole rings is 1. The molecule has 0 amide bonds. The van der Waals surface area contributed by atoms with E-state index in [1.807, 2.05) is 6.92 Å². The number of rotatable bonds is 2. The van der Waals surface area contributed by atoms with E-state index in [-0.39, 0.29) is 5.75 Å². The predicted molar refractivity (Wildman–Crippen MR) is 77.2 cm³/mol. The summed E-state index contributed by atoms with van der Waals surface area (Å²) in [5.41, 5.74) is 1.86. The smallest absolute Gasteiger partial charge is 0.182 e. The zero-order chi connectivity index (χ0) is 14.1. The standard InChI is InChI=1S/C14H11ClN4O/c1-9-14(18-17-11-4-2-3-5-12(11)20)19-7-6-10(15)8-13(19)16-9/h2-8,20H,1H3. The molecule has 0 saturated carbocycles. The van der Waals surface area contributed by atoms with E-state index in [1.54, 1.807) is 47.0 Å². The molecule has 0 saturated heterocycles. The van der Waals surface area contributed by atoms with Crippen molar-refractivity contribution >= 4 is 28.8 Å². The number of azo groups is 1. The lowest BCUT2D eigenvalue weighted by atomic mass is 10.3. The molecule has 0 bridgehead atoms. The van der Waals surface area contributed by atoms with Crippen LogP contribution >= 0.6 is 11.6 Å². The summed E-state index contributed by atoms with van der Waals surface area (Å²) < 4.78 is 1.80. The normalized spacial score (nSPS) is 11.5. The molecule has 0 fully saturated rings. The number of benzene rings is 1. The maximum atomic E-state index is 9.66. The summed E-state index contributed by atoms with van der Waals surface area (Å²) >= 11 is 5.93. The predicted octanol–water partition coefficient (Wildman–Crippen LogP) is 4.42. The van der Waals surface area contributed by atoms with Gasteiger partial charge in [-0.1, -0.05) is 23.7 Å². The molecule has 0 aliphatic rings. The van der Waals surface area contributed by atoms with Gasteiger partial charge in [-0.05, 0) is 25.1 Å². The first-order valence-corrected chi connectivity index (χ1v) is 6.37. The van der Waals surface area contributed by atoms with Gasteiger partial charge in [0.2, 0.25) is 0 Å². The summed E-state index contributed by atoms with van der Waals surface area (Å²) in [6, 6.07) is 10.3. The van der Waals surface area contributed by atoms with E-state index in [4.69, 9.17) is 11.6 Å². The molecular weight excluding hydrogens is 276 g/mol. The Morgan fingerprint density at radius 1 is 1.20 bits per heavy atom. The molecule has 0 unspecified atom stereocenters. The molecule has 0 aliphatic heterocycles. The molecular formula is C14H11ClN4O. The minimum atomic E-state index is 0.0887. The van der Waals surface area contributed by atoms with Gasteiger partial charge < -0.3 is 5.11 Å². The maximum Gasteiger partial charge on any atom is 0.182 e. The quantitative estimate of drug-likeness (QED) is 0.709. The topological polar surface area (TPSA) is 62.2 Å². The molecule has 1 N–H and O–H groups in total. The molecule has 0 radical (unpaired) electrons. The van der Waals surface area contributed by atoms with E-state index in [0.717, 1.165) is 5.69 Å². The number of phenols is 1. The van der Waals surface area contributed by atoms with E-state index < -0.39 is 0 Å². The minimum absolute atomic E-state index is 0.0887. The highest BCUT2D eigenvalue weighted by Gasteiger charge is 2.08. The zero-order valence-electron chi connectivity index (χ0n) is 10.7. The van der Waals surface area contributed by atoms with Gasteiger partial charge in [0, 0.05) is 17.3 Å². The molecule has 3 rings (SSSR count). The van der Waals surface area contributed by atoms with Crippen LogP contribution in [0.1, 0.15) is 5.69 Å². The third-order valence-electron chi connectivity index (χ3n) is 2.86. The number of halogens is 1. The molecule has 1 aromatic carbocycles.